The number of sulfonamides is 1. The Kier molecular flexibility index (Phi) is 8.94. The van der Waals surface area contributed by atoms with E-state index in [1.165, 1.54) is 35.7 Å². The fraction of sp³-hybridized carbons (Fsp3) is 0.320. The lowest BCUT2D eigenvalue weighted by molar-refractivity contribution is 0.00546. The second-order valence-electron chi connectivity index (χ2n) is 8.36. The Hall–Kier alpha value is -2.41. The lowest BCUT2D eigenvalue weighted by Crippen LogP contribution is -2.49. The first kappa shape index (κ1) is 27.6. The van der Waals surface area contributed by atoms with Crippen molar-refractivity contribution in [2.24, 2.45) is 0 Å². The summed E-state index contributed by atoms with van der Waals surface area (Å²) in [7, 11) is -2.68. The molecule has 0 unspecified atom stereocenters. The number of esters is 1. The van der Waals surface area contributed by atoms with Gasteiger partial charge in [-0.05, 0) is 41.3 Å². The van der Waals surface area contributed by atoms with E-state index in [4.69, 9.17) is 21.1 Å². The molecule has 3 aromatic rings. The molecule has 12 heteroatoms. The summed E-state index contributed by atoms with van der Waals surface area (Å²) in [4.78, 5) is 14.0. The fourth-order valence-corrected chi connectivity index (χ4v) is 6.91. The van der Waals surface area contributed by atoms with Crippen molar-refractivity contribution in [1.29, 1.82) is 0 Å². The number of piperazine rings is 1. The smallest absolute Gasteiger partial charge is 0.349 e. The summed E-state index contributed by atoms with van der Waals surface area (Å²) in [6.07, 6.45) is -0.540. The van der Waals surface area contributed by atoms with Gasteiger partial charge in [0.2, 0.25) is 10.0 Å². The zero-order chi connectivity index (χ0) is 26.6. The molecule has 7 nitrogen and oxygen atoms in total. The quantitative estimate of drug-likeness (QED) is 0.346. The third-order valence-electron chi connectivity index (χ3n) is 6.11. The van der Waals surface area contributed by atoms with Gasteiger partial charge in [0.15, 0.2) is 0 Å². The first-order chi connectivity index (χ1) is 17.7. The van der Waals surface area contributed by atoms with E-state index in [9.17, 15) is 22.0 Å². The van der Waals surface area contributed by atoms with E-state index >= 15 is 0 Å². The van der Waals surface area contributed by atoms with Crippen LogP contribution in [0.15, 0.2) is 58.8 Å². The van der Waals surface area contributed by atoms with Crippen molar-refractivity contribution in [2.75, 3.05) is 39.8 Å². The van der Waals surface area contributed by atoms with Gasteiger partial charge >= 0.3 is 5.97 Å². The summed E-state index contributed by atoms with van der Waals surface area (Å²) < 4.78 is 66.7. The largest absolute Gasteiger partial charge is 0.465 e. The summed E-state index contributed by atoms with van der Waals surface area (Å²) in [6, 6.07) is 12.1. The molecule has 1 fully saturated rings. The number of hydrogen-bond acceptors (Lipinski definition) is 7. The van der Waals surface area contributed by atoms with Crippen molar-refractivity contribution in [3.63, 3.8) is 0 Å². The van der Waals surface area contributed by atoms with Crippen LogP contribution in [-0.4, -0.2) is 63.4 Å². The monoisotopic (exact) mass is 570 g/mol. The van der Waals surface area contributed by atoms with Gasteiger partial charge in [0.25, 0.3) is 0 Å². The van der Waals surface area contributed by atoms with Gasteiger partial charge in [-0.15, -0.1) is 11.3 Å². The van der Waals surface area contributed by atoms with Crippen LogP contribution in [0.25, 0.3) is 0 Å². The van der Waals surface area contributed by atoms with E-state index in [-0.39, 0.29) is 35.0 Å². The van der Waals surface area contributed by atoms with E-state index in [1.807, 2.05) is 4.90 Å². The van der Waals surface area contributed by atoms with Crippen molar-refractivity contribution in [2.45, 2.75) is 17.6 Å². The van der Waals surface area contributed by atoms with Gasteiger partial charge in [0.05, 0.1) is 19.8 Å². The number of rotatable bonds is 9. The van der Waals surface area contributed by atoms with Gasteiger partial charge < -0.3 is 9.47 Å². The van der Waals surface area contributed by atoms with Gasteiger partial charge in [-0.25, -0.2) is 22.0 Å². The number of halogens is 3. The molecule has 1 aromatic heterocycles. The highest BCUT2D eigenvalue weighted by atomic mass is 35.5. The Balaban J connectivity index is 1.45. The maximum Gasteiger partial charge on any atom is 0.349 e. The SMILES string of the molecule is COC(=O)c1sccc1S(=O)(=O)N1CCN(C[C@@H](OCc2c(F)cccc2F)c2ccc(Cl)cc2)CC1. The highest BCUT2D eigenvalue weighted by molar-refractivity contribution is 7.89. The van der Waals surface area contributed by atoms with Crippen LogP contribution in [0, 0.1) is 11.6 Å². The molecule has 1 aliphatic heterocycles. The molecule has 0 N–H and O–H groups in total. The Morgan fingerprint density at radius 1 is 1.05 bits per heavy atom. The van der Waals surface area contributed by atoms with Crippen LogP contribution in [-0.2, 0) is 26.1 Å². The van der Waals surface area contributed by atoms with E-state index < -0.39 is 33.7 Å². The lowest BCUT2D eigenvalue weighted by Gasteiger charge is -2.35. The van der Waals surface area contributed by atoms with Gasteiger partial charge in [0, 0.05) is 43.3 Å². The van der Waals surface area contributed by atoms with Crippen molar-refractivity contribution in [3.8, 4) is 0 Å². The molecule has 2 heterocycles. The van der Waals surface area contributed by atoms with Crippen LogP contribution < -0.4 is 0 Å². The van der Waals surface area contributed by atoms with Crippen molar-refractivity contribution in [1.82, 2.24) is 9.21 Å². The van der Waals surface area contributed by atoms with E-state index in [2.05, 4.69) is 0 Å². The number of carbonyl (C=O) groups is 1. The molecule has 4 rings (SSSR count). The summed E-state index contributed by atoms with van der Waals surface area (Å²) >= 11 is 7.04. The van der Waals surface area contributed by atoms with Crippen LogP contribution in [0.1, 0.15) is 26.9 Å². The molecule has 1 saturated heterocycles. The number of ether oxygens (including phenoxy) is 2. The third-order valence-corrected chi connectivity index (χ3v) is 9.32. The molecule has 0 amide bonds. The van der Waals surface area contributed by atoms with E-state index in [1.54, 1.807) is 29.6 Å². The highest BCUT2D eigenvalue weighted by Crippen LogP contribution is 2.28. The molecule has 0 aliphatic carbocycles. The average molecular weight is 571 g/mol. The minimum atomic E-state index is -3.88. The predicted molar refractivity (Wildman–Crippen MR) is 136 cm³/mol. The molecular formula is C25H25ClF2N2O5S2. The van der Waals surface area contributed by atoms with Crippen molar-refractivity contribution >= 4 is 38.9 Å². The molecule has 0 spiro atoms. The number of carbonyl (C=O) groups excluding carboxylic acids is 1. The topological polar surface area (TPSA) is 76.2 Å². The molecule has 0 bridgehead atoms. The Morgan fingerprint density at radius 3 is 2.32 bits per heavy atom. The molecule has 37 heavy (non-hydrogen) atoms. The number of thiophene rings is 1. The molecule has 1 aliphatic rings. The number of benzene rings is 2. The summed E-state index contributed by atoms with van der Waals surface area (Å²) in [5, 5.41) is 2.09. The van der Waals surface area contributed by atoms with Gasteiger partial charge in [-0.1, -0.05) is 29.8 Å². The molecule has 2 aromatic carbocycles. The van der Waals surface area contributed by atoms with Gasteiger partial charge in [-0.3, -0.25) is 4.90 Å². The average Bonchev–Trinajstić information content (AvgIpc) is 3.39. The number of methoxy groups -OCH3 is 1. The normalized spacial score (nSPS) is 16.0. The minimum absolute atomic E-state index is 0.0431. The predicted octanol–water partition coefficient (Wildman–Crippen LogP) is 4.73. The van der Waals surface area contributed by atoms with E-state index in [0.717, 1.165) is 16.9 Å². The van der Waals surface area contributed by atoms with Crippen LogP contribution >= 0.6 is 22.9 Å². The third kappa shape index (κ3) is 6.36. The zero-order valence-electron chi connectivity index (χ0n) is 19.9. The lowest BCUT2D eigenvalue weighted by atomic mass is 10.1. The highest BCUT2D eigenvalue weighted by Gasteiger charge is 2.33. The number of hydrogen-bond donors (Lipinski definition) is 0. The minimum Gasteiger partial charge on any atom is -0.465 e. The Morgan fingerprint density at radius 2 is 1.70 bits per heavy atom. The van der Waals surface area contributed by atoms with Crippen LogP contribution in [0.5, 0.6) is 0 Å². The van der Waals surface area contributed by atoms with Crippen LogP contribution in [0.3, 0.4) is 0 Å². The number of nitrogens with zero attached hydrogens (tertiary/aromatic N) is 2. The second kappa shape index (κ2) is 12.0. The van der Waals surface area contributed by atoms with Crippen LogP contribution in [0.4, 0.5) is 8.78 Å². The van der Waals surface area contributed by atoms with Crippen molar-refractivity contribution in [3.05, 3.63) is 86.6 Å². The van der Waals surface area contributed by atoms with Gasteiger partial charge in [0.1, 0.15) is 21.4 Å². The maximum absolute atomic E-state index is 14.1. The standard InChI is InChI=1S/C25H25ClF2N2O5S2/c1-34-25(31)24-23(9-14-36-24)37(32,33)30-12-10-29(11-13-30)15-22(17-5-7-18(26)8-6-17)35-16-19-20(27)3-2-4-21(19)28/h2-9,14,22H,10-13,15-16H2,1H3/t22-/m1/s1. The first-order valence-corrected chi connectivity index (χ1v) is 14.1. The maximum atomic E-state index is 14.1. The van der Waals surface area contributed by atoms with Gasteiger partial charge in [-0.2, -0.15) is 4.31 Å². The second-order valence-corrected chi connectivity index (χ2v) is 11.6. The molecule has 1 atom stereocenters. The summed E-state index contributed by atoms with van der Waals surface area (Å²) in [6.45, 7) is 1.31. The zero-order valence-corrected chi connectivity index (χ0v) is 22.3. The molecule has 198 valence electrons. The first-order valence-electron chi connectivity index (χ1n) is 11.4. The Labute approximate surface area is 223 Å². The fourth-order valence-electron chi connectivity index (χ4n) is 4.05. The summed E-state index contributed by atoms with van der Waals surface area (Å²) in [5.41, 5.74) is 0.617. The molecule has 0 radical (unpaired) electrons. The van der Waals surface area contributed by atoms with Crippen molar-refractivity contribution < 1.29 is 31.5 Å². The summed E-state index contributed by atoms with van der Waals surface area (Å²) in [5.74, 6) is -2.07. The molecule has 0 saturated carbocycles. The van der Waals surface area contributed by atoms with E-state index in [0.29, 0.717) is 24.7 Å². The van der Waals surface area contributed by atoms with Crippen LogP contribution in [0.2, 0.25) is 5.02 Å². The molecular weight excluding hydrogens is 546 g/mol. The Bertz CT molecular complexity index is 1320.